The number of hydrogen-bond acceptors (Lipinski definition) is 3. The van der Waals surface area contributed by atoms with Crippen LogP contribution < -0.4 is 9.47 Å². The van der Waals surface area contributed by atoms with Crippen molar-refractivity contribution in [3.63, 3.8) is 0 Å². The van der Waals surface area contributed by atoms with Gasteiger partial charge in [0.1, 0.15) is 5.75 Å². The molecule has 90 valence electrons. The molecule has 0 radical (unpaired) electrons. The van der Waals surface area contributed by atoms with Crippen LogP contribution in [0.5, 0.6) is 17.2 Å². The van der Waals surface area contributed by atoms with E-state index >= 15 is 0 Å². The minimum atomic E-state index is -0.000285. The Labute approximate surface area is 105 Å². The highest BCUT2D eigenvalue weighted by atomic mass is 16.5. The maximum Gasteiger partial charge on any atom is 0.204 e. The molecule has 0 aromatic heterocycles. The van der Waals surface area contributed by atoms with Crippen LogP contribution in [0.15, 0.2) is 42.5 Å². The number of fused-ring (bicyclic) bond motifs is 1. The molecule has 18 heavy (non-hydrogen) atoms. The van der Waals surface area contributed by atoms with Crippen molar-refractivity contribution in [2.45, 2.75) is 6.92 Å². The molecule has 3 nitrogen and oxygen atoms in total. The lowest BCUT2D eigenvalue weighted by Crippen LogP contribution is -1.98. The number of benzene rings is 2. The van der Waals surface area contributed by atoms with E-state index in [0.717, 1.165) is 11.3 Å². The lowest BCUT2D eigenvalue weighted by Gasteiger charge is -2.09. The molecule has 0 spiro atoms. The van der Waals surface area contributed by atoms with E-state index in [1.54, 1.807) is 18.2 Å². The molecular formula is C15H12O3. The normalized spacial score (nSPS) is 13.1. The first-order valence-electron chi connectivity index (χ1n) is 5.77. The van der Waals surface area contributed by atoms with Gasteiger partial charge in [0.05, 0.1) is 5.56 Å². The maximum atomic E-state index is 11.5. The molecule has 3 rings (SSSR count). The summed E-state index contributed by atoms with van der Waals surface area (Å²) in [5.74, 6) is 1.87. The van der Waals surface area contributed by atoms with E-state index in [1.807, 2.05) is 31.2 Å². The third kappa shape index (κ3) is 1.84. The SMILES string of the molecule is Cc1cccc(Oc2cccc3c2OCC3=O)c1. The summed E-state index contributed by atoms with van der Waals surface area (Å²) in [7, 11) is 0. The first kappa shape index (κ1) is 10.8. The zero-order valence-electron chi connectivity index (χ0n) is 9.97. The molecule has 3 heteroatoms. The number of ether oxygens (including phenoxy) is 2. The third-order valence-electron chi connectivity index (χ3n) is 2.84. The van der Waals surface area contributed by atoms with Crippen LogP contribution in [0.25, 0.3) is 0 Å². The van der Waals surface area contributed by atoms with E-state index in [2.05, 4.69) is 0 Å². The van der Waals surface area contributed by atoms with Gasteiger partial charge in [0.2, 0.25) is 5.78 Å². The standard InChI is InChI=1S/C15H12O3/c1-10-4-2-5-11(8-10)18-14-7-3-6-12-13(16)9-17-15(12)14/h2-8H,9H2,1H3. The number of rotatable bonds is 2. The summed E-state index contributed by atoms with van der Waals surface area (Å²) in [4.78, 5) is 11.5. The van der Waals surface area contributed by atoms with E-state index < -0.39 is 0 Å². The van der Waals surface area contributed by atoms with Gasteiger partial charge in [0.15, 0.2) is 18.1 Å². The van der Waals surface area contributed by atoms with E-state index in [1.165, 1.54) is 0 Å². The van der Waals surface area contributed by atoms with Crippen molar-refractivity contribution in [2.24, 2.45) is 0 Å². The summed E-state index contributed by atoms with van der Waals surface area (Å²) in [6, 6.07) is 13.1. The Bertz CT molecular complexity index is 617. The smallest absolute Gasteiger partial charge is 0.204 e. The van der Waals surface area contributed by atoms with Gasteiger partial charge in [-0.3, -0.25) is 4.79 Å². The molecule has 1 aliphatic heterocycles. The van der Waals surface area contributed by atoms with Crippen molar-refractivity contribution in [3.05, 3.63) is 53.6 Å². The summed E-state index contributed by atoms with van der Waals surface area (Å²) in [6.45, 7) is 2.10. The summed E-state index contributed by atoms with van der Waals surface area (Å²) in [5, 5.41) is 0. The Balaban J connectivity index is 1.97. The molecule has 0 amide bonds. The first-order valence-corrected chi connectivity index (χ1v) is 5.77. The van der Waals surface area contributed by atoms with Gasteiger partial charge in [-0.2, -0.15) is 0 Å². The van der Waals surface area contributed by atoms with E-state index in [9.17, 15) is 4.79 Å². The van der Waals surface area contributed by atoms with Crippen LogP contribution in [0.3, 0.4) is 0 Å². The molecule has 0 saturated heterocycles. The molecule has 0 atom stereocenters. The monoisotopic (exact) mass is 240 g/mol. The number of hydrogen-bond donors (Lipinski definition) is 0. The highest BCUT2D eigenvalue weighted by Gasteiger charge is 2.24. The number of ketones is 1. The fourth-order valence-corrected chi connectivity index (χ4v) is 1.99. The van der Waals surface area contributed by atoms with Crippen molar-refractivity contribution < 1.29 is 14.3 Å². The highest BCUT2D eigenvalue weighted by molar-refractivity contribution is 6.03. The number of carbonyl (C=O) groups excluding carboxylic acids is 1. The predicted molar refractivity (Wildman–Crippen MR) is 67.5 cm³/mol. The molecule has 2 aromatic carbocycles. The molecule has 0 saturated carbocycles. The second-order valence-corrected chi connectivity index (χ2v) is 4.26. The zero-order valence-corrected chi connectivity index (χ0v) is 9.97. The van der Waals surface area contributed by atoms with E-state index in [4.69, 9.17) is 9.47 Å². The first-order chi connectivity index (χ1) is 8.74. The lowest BCUT2D eigenvalue weighted by atomic mass is 10.1. The van der Waals surface area contributed by atoms with Crippen LogP contribution in [-0.2, 0) is 0 Å². The number of Topliss-reactive ketones (excluding diaryl/α,β-unsaturated/α-hetero) is 1. The number of para-hydroxylation sites is 1. The Morgan fingerprint density at radius 3 is 2.83 bits per heavy atom. The molecule has 0 aliphatic carbocycles. The van der Waals surface area contributed by atoms with Gasteiger partial charge in [-0.25, -0.2) is 0 Å². The average Bonchev–Trinajstić information content (AvgIpc) is 2.73. The van der Waals surface area contributed by atoms with Crippen LogP contribution in [0.2, 0.25) is 0 Å². The van der Waals surface area contributed by atoms with E-state index in [0.29, 0.717) is 17.1 Å². The second kappa shape index (κ2) is 4.18. The Morgan fingerprint density at radius 1 is 1.17 bits per heavy atom. The summed E-state index contributed by atoms with van der Waals surface area (Å²) < 4.78 is 11.1. The van der Waals surface area contributed by atoms with Crippen molar-refractivity contribution >= 4 is 5.78 Å². The minimum Gasteiger partial charge on any atom is -0.481 e. The summed E-state index contributed by atoms with van der Waals surface area (Å²) in [5.41, 5.74) is 1.72. The Hall–Kier alpha value is -2.29. The minimum absolute atomic E-state index is 0.000285. The molecular weight excluding hydrogens is 228 g/mol. The molecule has 1 heterocycles. The van der Waals surface area contributed by atoms with Gasteiger partial charge in [0, 0.05) is 0 Å². The van der Waals surface area contributed by atoms with Crippen molar-refractivity contribution in [2.75, 3.05) is 6.61 Å². The van der Waals surface area contributed by atoms with E-state index in [-0.39, 0.29) is 12.4 Å². The summed E-state index contributed by atoms with van der Waals surface area (Å²) >= 11 is 0. The maximum absolute atomic E-state index is 11.5. The van der Waals surface area contributed by atoms with Crippen molar-refractivity contribution in [1.29, 1.82) is 0 Å². The zero-order chi connectivity index (χ0) is 12.5. The fourth-order valence-electron chi connectivity index (χ4n) is 1.99. The molecule has 2 aromatic rings. The van der Waals surface area contributed by atoms with Gasteiger partial charge >= 0.3 is 0 Å². The molecule has 0 unspecified atom stereocenters. The fraction of sp³-hybridized carbons (Fsp3) is 0.133. The van der Waals surface area contributed by atoms with Gasteiger partial charge in [-0.1, -0.05) is 18.2 Å². The largest absolute Gasteiger partial charge is 0.481 e. The topological polar surface area (TPSA) is 35.5 Å². The Kier molecular flexibility index (Phi) is 2.52. The molecule has 0 fully saturated rings. The van der Waals surface area contributed by atoms with Gasteiger partial charge in [0.25, 0.3) is 0 Å². The van der Waals surface area contributed by atoms with Crippen molar-refractivity contribution in [1.82, 2.24) is 0 Å². The van der Waals surface area contributed by atoms with Crippen LogP contribution in [0.4, 0.5) is 0 Å². The molecule has 0 N–H and O–H groups in total. The van der Waals surface area contributed by atoms with Crippen LogP contribution in [-0.4, -0.2) is 12.4 Å². The van der Waals surface area contributed by atoms with Gasteiger partial charge < -0.3 is 9.47 Å². The molecule has 0 bridgehead atoms. The summed E-state index contributed by atoms with van der Waals surface area (Å²) in [6.07, 6.45) is 0. The lowest BCUT2D eigenvalue weighted by molar-refractivity contribution is 0.0961. The number of aryl methyl sites for hydroxylation is 1. The van der Waals surface area contributed by atoms with Crippen LogP contribution in [0, 0.1) is 6.92 Å². The second-order valence-electron chi connectivity index (χ2n) is 4.26. The quantitative estimate of drug-likeness (QED) is 0.807. The number of carbonyl (C=O) groups is 1. The Morgan fingerprint density at radius 2 is 2.00 bits per heavy atom. The third-order valence-corrected chi connectivity index (χ3v) is 2.84. The van der Waals surface area contributed by atoms with Gasteiger partial charge in [-0.15, -0.1) is 0 Å². The predicted octanol–water partition coefficient (Wildman–Crippen LogP) is 3.36. The van der Waals surface area contributed by atoms with Gasteiger partial charge in [-0.05, 0) is 36.8 Å². The highest BCUT2D eigenvalue weighted by Crippen LogP contribution is 2.37. The average molecular weight is 240 g/mol. The van der Waals surface area contributed by atoms with Crippen LogP contribution in [0.1, 0.15) is 15.9 Å². The van der Waals surface area contributed by atoms with Crippen molar-refractivity contribution in [3.8, 4) is 17.2 Å². The van der Waals surface area contributed by atoms with Crippen LogP contribution >= 0.6 is 0 Å². The molecule has 1 aliphatic rings.